The number of pyridine rings is 1. The van der Waals surface area contributed by atoms with Gasteiger partial charge in [-0.1, -0.05) is 49.6 Å². The van der Waals surface area contributed by atoms with Crippen LogP contribution in [0, 0.1) is 5.92 Å². The van der Waals surface area contributed by atoms with Gasteiger partial charge < -0.3 is 14.5 Å². The molecule has 2 aromatic heterocycles. The maximum atomic E-state index is 14.0. The molecule has 3 heterocycles. The Kier molecular flexibility index (Phi) is 4.86. The zero-order chi connectivity index (χ0) is 22.5. The molecule has 1 amide bonds. The third-order valence-corrected chi connectivity index (χ3v) is 7.76. The smallest absolute Gasteiger partial charge is 0.259 e. The summed E-state index contributed by atoms with van der Waals surface area (Å²) in [5, 5.41) is 1.87. The molecule has 168 valence electrons. The highest BCUT2D eigenvalue weighted by Crippen LogP contribution is 2.44. The molecule has 1 N–H and O–H groups in total. The van der Waals surface area contributed by atoms with Crippen LogP contribution in [0.2, 0.25) is 0 Å². The number of aryl methyl sites for hydroxylation is 1. The molecule has 5 heteroatoms. The SMILES string of the molecule is Cn1cc(C(=O)N2CCc3c([nH]c4ccccc34)[C@@H]2C2CCCCC2)c(=O)c2ccccc21. The van der Waals surface area contributed by atoms with Crippen LogP contribution >= 0.6 is 0 Å². The van der Waals surface area contributed by atoms with E-state index in [1.807, 2.05) is 40.8 Å². The first-order valence-corrected chi connectivity index (χ1v) is 12.1. The molecule has 1 saturated carbocycles. The number of aromatic nitrogens is 2. The number of carbonyl (C=O) groups excluding carboxylic acids is 1. The fraction of sp³-hybridized carbons (Fsp3) is 0.357. The van der Waals surface area contributed by atoms with Crippen LogP contribution in [0.1, 0.15) is 59.8 Å². The second kappa shape index (κ2) is 7.91. The minimum atomic E-state index is -0.168. The van der Waals surface area contributed by atoms with Crippen LogP contribution < -0.4 is 5.43 Å². The third kappa shape index (κ3) is 3.21. The van der Waals surface area contributed by atoms with E-state index in [1.165, 1.54) is 35.9 Å². The van der Waals surface area contributed by atoms with Crippen molar-refractivity contribution in [3.63, 3.8) is 0 Å². The molecule has 0 bridgehead atoms. The van der Waals surface area contributed by atoms with Gasteiger partial charge >= 0.3 is 0 Å². The van der Waals surface area contributed by atoms with E-state index in [4.69, 9.17) is 0 Å². The van der Waals surface area contributed by atoms with E-state index in [1.54, 1.807) is 6.20 Å². The second-order valence-corrected chi connectivity index (χ2v) is 9.65. The number of hydrogen-bond donors (Lipinski definition) is 1. The minimum absolute atomic E-state index is 0.00914. The number of amides is 1. The first-order chi connectivity index (χ1) is 16.1. The minimum Gasteiger partial charge on any atom is -0.356 e. The van der Waals surface area contributed by atoms with Crippen LogP contribution in [0.5, 0.6) is 0 Å². The number of para-hydroxylation sites is 2. The fourth-order valence-electron chi connectivity index (χ4n) is 6.18. The lowest BCUT2D eigenvalue weighted by atomic mass is 9.79. The van der Waals surface area contributed by atoms with E-state index in [-0.39, 0.29) is 22.9 Å². The summed E-state index contributed by atoms with van der Waals surface area (Å²) in [4.78, 5) is 33.0. The lowest BCUT2D eigenvalue weighted by Gasteiger charge is -2.41. The van der Waals surface area contributed by atoms with E-state index < -0.39 is 0 Å². The Morgan fingerprint density at radius 1 is 0.970 bits per heavy atom. The van der Waals surface area contributed by atoms with Gasteiger partial charge in [0.2, 0.25) is 5.43 Å². The largest absolute Gasteiger partial charge is 0.356 e. The van der Waals surface area contributed by atoms with E-state index in [9.17, 15) is 9.59 Å². The highest BCUT2D eigenvalue weighted by Gasteiger charge is 2.39. The van der Waals surface area contributed by atoms with Crippen molar-refractivity contribution in [2.75, 3.05) is 6.54 Å². The molecule has 0 radical (unpaired) electrons. The van der Waals surface area contributed by atoms with E-state index in [0.29, 0.717) is 17.8 Å². The average Bonchev–Trinajstić information content (AvgIpc) is 3.24. The quantitative estimate of drug-likeness (QED) is 0.458. The molecule has 2 aliphatic rings. The molecule has 33 heavy (non-hydrogen) atoms. The number of nitrogens with zero attached hydrogens (tertiary/aromatic N) is 2. The van der Waals surface area contributed by atoms with E-state index >= 15 is 0 Å². The predicted octanol–water partition coefficient (Wildman–Crippen LogP) is 5.34. The van der Waals surface area contributed by atoms with Crippen LogP contribution in [0.3, 0.4) is 0 Å². The number of nitrogens with one attached hydrogen (secondary N) is 1. The summed E-state index contributed by atoms with van der Waals surface area (Å²) in [5.41, 5.74) is 4.62. The summed E-state index contributed by atoms with van der Waals surface area (Å²) in [5.74, 6) is 0.278. The van der Waals surface area contributed by atoms with Gasteiger partial charge in [0.1, 0.15) is 5.56 Å². The van der Waals surface area contributed by atoms with Crippen molar-refractivity contribution in [3.8, 4) is 0 Å². The maximum Gasteiger partial charge on any atom is 0.259 e. The summed E-state index contributed by atoms with van der Waals surface area (Å²) in [6.07, 6.45) is 8.46. The molecule has 1 atom stereocenters. The third-order valence-electron chi connectivity index (χ3n) is 7.76. The van der Waals surface area contributed by atoms with Gasteiger partial charge in [0.05, 0.1) is 11.6 Å². The lowest BCUT2D eigenvalue weighted by Crippen LogP contribution is -2.45. The first kappa shape index (κ1) is 20.3. The molecule has 1 fully saturated rings. The molecular weight excluding hydrogens is 410 g/mol. The van der Waals surface area contributed by atoms with E-state index in [2.05, 4.69) is 29.2 Å². The number of H-pyrrole nitrogens is 1. The highest BCUT2D eigenvalue weighted by molar-refractivity contribution is 5.98. The van der Waals surface area contributed by atoms with Crippen molar-refractivity contribution in [3.05, 3.63) is 81.8 Å². The van der Waals surface area contributed by atoms with Crippen molar-refractivity contribution >= 4 is 27.7 Å². The van der Waals surface area contributed by atoms with Crippen LogP contribution in [0.15, 0.2) is 59.5 Å². The van der Waals surface area contributed by atoms with Crippen molar-refractivity contribution in [1.29, 1.82) is 0 Å². The molecule has 0 unspecified atom stereocenters. The Labute approximate surface area is 193 Å². The number of rotatable bonds is 2. The molecule has 1 aliphatic carbocycles. The molecule has 6 rings (SSSR count). The van der Waals surface area contributed by atoms with Gasteiger partial charge in [-0.25, -0.2) is 0 Å². The summed E-state index contributed by atoms with van der Waals surface area (Å²) in [7, 11) is 1.91. The van der Waals surface area contributed by atoms with Crippen molar-refractivity contribution in [2.45, 2.75) is 44.6 Å². The fourth-order valence-corrected chi connectivity index (χ4v) is 6.18. The Hall–Kier alpha value is -3.34. The molecular formula is C28H29N3O2. The topological polar surface area (TPSA) is 58.1 Å². The van der Waals surface area contributed by atoms with Gasteiger partial charge in [0.15, 0.2) is 0 Å². The summed E-state index contributed by atoms with van der Waals surface area (Å²) >= 11 is 0. The van der Waals surface area contributed by atoms with Crippen LogP contribution in [0.4, 0.5) is 0 Å². The van der Waals surface area contributed by atoms with Gasteiger partial charge in [-0.15, -0.1) is 0 Å². The molecule has 5 nitrogen and oxygen atoms in total. The number of carbonyl (C=O) groups is 1. The van der Waals surface area contributed by atoms with Gasteiger partial charge in [0, 0.05) is 41.8 Å². The van der Waals surface area contributed by atoms with Crippen molar-refractivity contribution in [2.24, 2.45) is 13.0 Å². The van der Waals surface area contributed by atoms with Gasteiger partial charge in [0.25, 0.3) is 5.91 Å². The van der Waals surface area contributed by atoms with Crippen LogP contribution in [-0.4, -0.2) is 26.9 Å². The highest BCUT2D eigenvalue weighted by atomic mass is 16.2. The average molecular weight is 440 g/mol. The Morgan fingerprint density at radius 2 is 1.70 bits per heavy atom. The number of fused-ring (bicyclic) bond motifs is 4. The van der Waals surface area contributed by atoms with Gasteiger partial charge in [-0.2, -0.15) is 0 Å². The Bertz CT molecular complexity index is 1420. The Balaban J connectivity index is 1.48. The van der Waals surface area contributed by atoms with Crippen LogP contribution in [0.25, 0.3) is 21.8 Å². The van der Waals surface area contributed by atoms with Crippen LogP contribution in [-0.2, 0) is 13.5 Å². The zero-order valence-corrected chi connectivity index (χ0v) is 19.0. The normalized spacial score (nSPS) is 19.2. The zero-order valence-electron chi connectivity index (χ0n) is 19.0. The van der Waals surface area contributed by atoms with Crippen molar-refractivity contribution in [1.82, 2.24) is 14.5 Å². The monoisotopic (exact) mass is 439 g/mol. The lowest BCUT2D eigenvalue weighted by molar-refractivity contribution is 0.0532. The number of benzene rings is 2. The molecule has 4 aromatic rings. The molecule has 0 saturated heterocycles. The molecule has 2 aromatic carbocycles. The number of aromatic amines is 1. The maximum absolute atomic E-state index is 14.0. The number of hydrogen-bond acceptors (Lipinski definition) is 2. The van der Waals surface area contributed by atoms with Crippen molar-refractivity contribution < 1.29 is 4.79 Å². The first-order valence-electron chi connectivity index (χ1n) is 12.1. The summed E-state index contributed by atoms with van der Waals surface area (Å²) in [6.45, 7) is 0.644. The molecule has 1 aliphatic heterocycles. The van der Waals surface area contributed by atoms with Gasteiger partial charge in [-0.05, 0) is 48.9 Å². The summed E-state index contributed by atoms with van der Waals surface area (Å²) < 4.78 is 1.90. The Morgan fingerprint density at radius 3 is 2.52 bits per heavy atom. The summed E-state index contributed by atoms with van der Waals surface area (Å²) in [6, 6.07) is 16.0. The molecule has 0 spiro atoms. The second-order valence-electron chi connectivity index (χ2n) is 9.65. The standard InChI is InChI=1S/C28H29N3O2/c1-30-17-22(27(32)21-12-6-8-14-24(21)30)28(33)31-16-15-20-19-11-5-7-13-23(19)29-25(20)26(31)18-9-3-2-4-10-18/h5-8,11-14,17-18,26,29H,2-4,9-10,15-16H2,1H3/t26-/m0/s1. The predicted molar refractivity (Wildman–Crippen MR) is 132 cm³/mol. The van der Waals surface area contributed by atoms with E-state index in [0.717, 1.165) is 30.3 Å². The van der Waals surface area contributed by atoms with Gasteiger partial charge in [-0.3, -0.25) is 9.59 Å².